The van der Waals surface area contributed by atoms with Crippen molar-refractivity contribution >= 4 is 34.5 Å². The number of halogens is 2. The summed E-state index contributed by atoms with van der Waals surface area (Å²) in [6, 6.07) is 11.4. The lowest BCUT2D eigenvalue weighted by molar-refractivity contribution is -0.133. The molecule has 0 unspecified atom stereocenters. The number of aryl methyl sites for hydroxylation is 1. The van der Waals surface area contributed by atoms with Gasteiger partial charge < -0.3 is 15.0 Å². The standard InChI is InChI=1S/C30H22F2N6O6/c1-2-35-16-21(28(41)38(30(35)43)19-6-3-17(31)4-7-19)27(40)34-18-5-8-25(22(32)13-18)44-26-14-20(15-37-23(26)9-11-33-37)36-12-10-24(39)29(36)42/h3-9,11,13-16H,2,10,12H2,1H3,(H,34,40). The Labute approximate surface area is 246 Å². The van der Waals surface area contributed by atoms with Crippen LogP contribution in [-0.4, -0.2) is 42.9 Å². The summed E-state index contributed by atoms with van der Waals surface area (Å²) in [5, 5.41) is 6.61. The molecule has 1 aliphatic rings. The van der Waals surface area contributed by atoms with Crippen molar-refractivity contribution in [2.45, 2.75) is 19.9 Å². The van der Waals surface area contributed by atoms with Crippen LogP contribution in [0.4, 0.5) is 20.2 Å². The van der Waals surface area contributed by atoms with Gasteiger partial charge in [0.05, 0.1) is 23.8 Å². The molecule has 44 heavy (non-hydrogen) atoms. The number of fused-ring (bicyclic) bond motifs is 1. The molecule has 0 aliphatic carbocycles. The molecule has 1 N–H and O–H groups in total. The minimum atomic E-state index is -0.938. The van der Waals surface area contributed by atoms with Gasteiger partial charge in [-0.2, -0.15) is 5.10 Å². The van der Waals surface area contributed by atoms with E-state index >= 15 is 4.39 Å². The number of ketones is 1. The van der Waals surface area contributed by atoms with Crippen LogP contribution in [-0.2, 0) is 16.1 Å². The molecule has 4 heterocycles. The van der Waals surface area contributed by atoms with Crippen LogP contribution in [0.15, 0.2) is 82.8 Å². The van der Waals surface area contributed by atoms with E-state index in [2.05, 4.69) is 10.4 Å². The zero-order valence-corrected chi connectivity index (χ0v) is 23.0. The maximum absolute atomic E-state index is 15.2. The second-order valence-electron chi connectivity index (χ2n) is 9.78. The summed E-state index contributed by atoms with van der Waals surface area (Å²) in [5.41, 5.74) is -1.18. The number of hydrogen-bond acceptors (Lipinski definition) is 7. The number of nitrogens with one attached hydrogen (secondary N) is 1. The van der Waals surface area contributed by atoms with E-state index in [-0.39, 0.29) is 42.4 Å². The van der Waals surface area contributed by atoms with Crippen LogP contribution in [0.3, 0.4) is 0 Å². The molecule has 1 saturated heterocycles. The van der Waals surface area contributed by atoms with E-state index in [9.17, 15) is 28.4 Å². The van der Waals surface area contributed by atoms with Gasteiger partial charge in [-0.25, -0.2) is 22.7 Å². The molecule has 1 aliphatic heterocycles. The summed E-state index contributed by atoms with van der Waals surface area (Å²) < 4.78 is 37.9. The molecule has 0 radical (unpaired) electrons. The first-order chi connectivity index (χ1) is 21.1. The predicted molar refractivity (Wildman–Crippen MR) is 154 cm³/mol. The second-order valence-corrected chi connectivity index (χ2v) is 9.78. The van der Waals surface area contributed by atoms with E-state index in [4.69, 9.17) is 4.74 Å². The molecule has 3 aromatic heterocycles. The number of anilines is 2. The Morgan fingerprint density at radius 3 is 2.41 bits per heavy atom. The van der Waals surface area contributed by atoms with Crippen molar-refractivity contribution in [1.82, 2.24) is 18.7 Å². The maximum atomic E-state index is 15.2. The summed E-state index contributed by atoms with van der Waals surface area (Å²) in [5.74, 6) is -3.56. The summed E-state index contributed by atoms with van der Waals surface area (Å²) in [4.78, 5) is 64.5. The Morgan fingerprint density at radius 1 is 0.955 bits per heavy atom. The monoisotopic (exact) mass is 600 g/mol. The van der Waals surface area contributed by atoms with Crippen LogP contribution in [0.25, 0.3) is 11.2 Å². The molecular weight excluding hydrogens is 578 g/mol. The first-order valence-electron chi connectivity index (χ1n) is 13.4. The molecule has 6 rings (SSSR count). The van der Waals surface area contributed by atoms with Crippen LogP contribution < -0.4 is 26.2 Å². The van der Waals surface area contributed by atoms with Crippen molar-refractivity contribution in [1.29, 1.82) is 0 Å². The molecule has 0 atom stereocenters. The minimum absolute atomic E-state index is 0.00810. The molecule has 1 fully saturated rings. The van der Waals surface area contributed by atoms with E-state index in [1.165, 1.54) is 45.9 Å². The number of hydrogen-bond donors (Lipinski definition) is 1. The highest BCUT2D eigenvalue weighted by Crippen LogP contribution is 2.33. The fourth-order valence-electron chi connectivity index (χ4n) is 4.81. The van der Waals surface area contributed by atoms with Crippen LogP contribution in [0.2, 0.25) is 0 Å². The highest BCUT2D eigenvalue weighted by molar-refractivity contribution is 6.43. The van der Waals surface area contributed by atoms with Crippen LogP contribution in [0, 0.1) is 11.6 Å². The molecular formula is C30H22F2N6O6. The molecule has 222 valence electrons. The molecule has 12 nitrogen and oxygen atoms in total. The number of Topliss-reactive ketones (excluding diaryl/α,β-unsaturated/α-hetero) is 1. The third-order valence-electron chi connectivity index (χ3n) is 7.05. The van der Waals surface area contributed by atoms with E-state index in [0.29, 0.717) is 11.2 Å². The summed E-state index contributed by atoms with van der Waals surface area (Å²) in [7, 11) is 0. The van der Waals surface area contributed by atoms with E-state index in [1.54, 1.807) is 19.2 Å². The fraction of sp³-hybridized carbons (Fsp3) is 0.133. The predicted octanol–water partition coefficient (Wildman–Crippen LogP) is 3.30. The summed E-state index contributed by atoms with van der Waals surface area (Å²) in [6.45, 7) is 1.97. The maximum Gasteiger partial charge on any atom is 0.335 e. The quantitative estimate of drug-likeness (QED) is 0.283. The Kier molecular flexibility index (Phi) is 7.09. The van der Waals surface area contributed by atoms with Crippen molar-refractivity contribution < 1.29 is 27.9 Å². The number of benzene rings is 2. The van der Waals surface area contributed by atoms with Gasteiger partial charge in [-0.3, -0.25) is 23.7 Å². The topological polar surface area (TPSA) is 137 Å². The molecule has 0 spiro atoms. The minimum Gasteiger partial charge on any atom is -0.452 e. The van der Waals surface area contributed by atoms with Gasteiger partial charge in [-0.05, 0) is 49.4 Å². The normalized spacial score (nSPS) is 13.1. The molecule has 14 heteroatoms. The van der Waals surface area contributed by atoms with Gasteiger partial charge in [-0.1, -0.05) is 0 Å². The number of pyridine rings is 1. The van der Waals surface area contributed by atoms with Crippen LogP contribution in [0.1, 0.15) is 23.7 Å². The van der Waals surface area contributed by atoms with Gasteiger partial charge in [-0.15, -0.1) is 0 Å². The van der Waals surface area contributed by atoms with Gasteiger partial charge in [0.2, 0.25) is 5.78 Å². The molecule has 0 bridgehead atoms. The first-order valence-corrected chi connectivity index (χ1v) is 13.4. The van der Waals surface area contributed by atoms with E-state index in [1.807, 2.05) is 0 Å². The number of aromatic nitrogens is 4. The molecule has 0 saturated carbocycles. The van der Waals surface area contributed by atoms with Crippen molar-refractivity contribution in [3.8, 4) is 17.2 Å². The van der Waals surface area contributed by atoms with Crippen molar-refractivity contribution in [2.75, 3.05) is 16.8 Å². The number of nitrogens with zero attached hydrogens (tertiary/aromatic N) is 5. The SMILES string of the molecule is CCn1cc(C(=O)Nc2ccc(Oc3cc(N4CCC(=O)C4=O)cn4nccc34)c(F)c2)c(=O)n(-c2ccc(F)cc2)c1=O. The average molecular weight is 601 g/mol. The number of ether oxygens (including phenoxy) is 1. The second kappa shape index (κ2) is 11.1. The number of carbonyl (C=O) groups is 3. The van der Waals surface area contributed by atoms with E-state index in [0.717, 1.165) is 33.5 Å². The van der Waals surface area contributed by atoms with Crippen LogP contribution >= 0.6 is 0 Å². The Hall–Kier alpha value is -5.92. The van der Waals surface area contributed by atoms with Crippen molar-refractivity contribution in [3.05, 3.63) is 111 Å². The Morgan fingerprint density at radius 2 is 1.73 bits per heavy atom. The van der Waals surface area contributed by atoms with Gasteiger partial charge in [0.1, 0.15) is 16.9 Å². The van der Waals surface area contributed by atoms with Gasteiger partial charge in [0.25, 0.3) is 17.4 Å². The molecule has 2 aromatic carbocycles. The van der Waals surface area contributed by atoms with Gasteiger partial charge in [0.15, 0.2) is 17.3 Å². The third-order valence-corrected chi connectivity index (χ3v) is 7.05. The highest BCUT2D eigenvalue weighted by atomic mass is 19.1. The molecule has 5 aromatic rings. The van der Waals surface area contributed by atoms with Gasteiger partial charge >= 0.3 is 5.69 Å². The van der Waals surface area contributed by atoms with E-state index < -0.39 is 46.0 Å². The lowest BCUT2D eigenvalue weighted by atomic mass is 10.2. The zero-order valence-electron chi connectivity index (χ0n) is 23.0. The lowest BCUT2D eigenvalue weighted by Gasteiger charge is -2.17. The van der Waals surface area contributed by atoms with Crippen molar-refractivity contribution in [3.63, 3.8) is 0 Å². The third kappa shape index (κ3) is 5.02. The van der Waals surface area contributed by atoms with Crippen molar-refractivity contribution in [2.24, 2.45) is 0 Å². The fourth-order valence-corrected chi connectivity index (χ4v) is 4.81. The average Bonchev–Trinajstić information content (AvgIpc) is 3.61. The Balaban J connectivity index is 1.28. The highest BCUT2D eigenvalue weighted by Gasteiger charge is 2.31. The summed E-state index contributed by atoms with van der Waals surface area (Å²) >= 11 is 0. The van der Waals surface area contributed by atoms with Crippen LogP contribution in [0.5, 0.6) is 11.5 Å². The lowest BCUT2D eigenvalue weighted by Crippen LogP contribution is -2.42. The summed E-state index contributed by atoms with van der Waals surface area (Å²) in [6.07, 6.45) is 4.23. The zero-order chi connectivity index (χ0) is 31.1. The largest absolute Gasteiger partial charge is 0.452 e. The Bertz CT molecular complexity index is 2100. The number of rotatable bonds is 7. The molecule has 2 amide bonds. The number of carbonyl (C=O) groups excluding carboxylic acids is 3. The first kappa shape index (κ1) is 28.2. The van der Waals surface area contributed by atoms with Gasteiger partial charge in [0, 0.05) is 43.5 Å². The number of amides is 2. The smallest absolute Gasteiger partial charge is 0.335 e.